The first-order chi connectivity index (χ1) is 7.69. The molecule has 0 aliphatic carbocycles. The van der Waals surface area contributed by atoms with E-state index in [4.69, 9.17) is 4.74 Å². The van der Waals surface area contributed by atoms with Gasteiger partial charge in [-0.3, -0.25) is 0 Å². The highest BCUT2D eigenvalue weighted by Gasteiger charge is 2.10. The fraction of sp³-hybridized carbons (Fsp3) is 0.500. The van der Waals surface area contributed by atoms with Crippen LogP contribution in [0, 0.1) is 0 Å². The van der Waals surface area contributed by atoms with Crippen molar-refractivity contribution in [3.63, 3.8) is 0 Å². The summed E-state index contributed by atoms with van der Waals surface area (Å²) in [6.07, 6.45) is 2.08. The van der Waals surface area contributed by atoms with Gasteiger partial charge >= 0.3 is 0 Å². The lowest BCUT2D eigenvalue weighted by Crippen LogP contribution is -2.14. The molecule has 0 heterocycles. The molecule has 1 N–H and O–H groups in total. The molecule has 0 amide bonds. The Hall–Kier alpha value is -0.190. The second-order valence-corrected chi connectivity index (χ2v) is 5.44. The number of ether oxygens (including phenoxy) is 1. The summed E-state index contributed by atoms with van der Waals surface area (Å²) in [5.74, 6) is 1.98. The van der Waals surface area contributed by atoms with Gasteiger partial charge in [-0.1, -0.05) is 22.0 Å². The largest absolute Gasteiger partial charge is 0.492 e. The smallest absolute Gasteiger partial charge is 0.125 e. The van der Waals surface area contributed by atoms with Crippen LogP contribution in [-0.2, 0) is 0 Å². The van der Waals surface area contributed by atoms with E-state index in [0.29, 0.717) is 6.04 Å². The standard InChI is InChI=1S/C12H18BrNOS/c1-9(14-2)11-5-4-10(13)8-12(11)15-6-7-16-3/h4-5,8-9,14H,6-7H2,1-3H3. The van der Waals surface area contributed by atoms with Gasteiger partial charge in [0.15, 0.2) is 0 Å². The van der Waals surface area contributed by atoms with Crippen LogP contribution in [0.2, 0.25) is 0 Å². The Morgan fingerprint density at radius 1 is 1.50 bits per heavy atom. The summed E-state index contributed by atoms with van der Waals surface area (Å²) in [5.41, 5.74) is 1.20. The molecule has 4 heteroatoms. The molecule has 0 saturated heterocycles. The molecule has 0 aromatic heterocycles. The second kappa shape index (κ2) is 7.20. The Morgan fingerprint density at radius 3 is 2.88 bits per heavy atom. The van der Waals surface area contributed by atoms with Crippen molar-refractivity contribution in [3.05, 3.63) is 28.2 Å². The SMILES string of the molecule is CNC(C)c1ccc(Br)cc1OCCSC. The fourth-order valence-corrected chi connectivity index (χ4v) is 1.97. The molecular formula is C12H18BrNOS. The number of hydrogen-bond acceptors (Lipinski definition) is 3. The van der Waals surface area contributed by atoms with E-state index in [2.05, 4.69) is 40.5 Å². The van der Waals surface area contributed by atoms with Crippen molar-refractivity contribution < 1.29 is 4.74 Å². The van der Waals surface area contributed by atoms with E-state index >= 15 is 0 Å². The first-order valence-corrected chi connectivity index (χ1v) is 7.46. The number of halogens is 1. The predicted molar refractivity (Wildman–Crippen MR) is 75.5 cm³/mol. The third-order valence-electron chi connectivity index (χ3n) is 2.42. The third kappa shape index (κ3) is 4.00. The molecule has 0 aliphatic heterocycles. The first-order valence-electron chi connectivity index (χ1n) is 5.27. The average Bonchev–Trinajstić information content (AvgIpc) is 2.29. The molecule has 0 saturated carbocycles. The Morgan fingerprint density at radius 2 is 2.25 bits per heavy atom. The molecule has 1 rings (SSSR count). The number of hydrogen-bond donors (Lipinski definition) is 1. The lowest BCUT2D eigenvalue weighted by Gasteiger charge is -2.16. The molecule has 0 aliphatic rings. The van der Waals surface area contributed by atoms with Crippen LogP contribution in [0.25, 0.3) is 0 Å². The molecule has 0 bridgehead atoms. The van der Waals surface area contributed by atoms with E-state index in [1.165, 1.54) is 5.56 Å². The van der Waals surface area contributed by atoms with Crippen molar-refractivity contribution in [2.75, 3.05) is 25.7 Å². The van der Waals surface area contributed by atoms with Gasteiger partial charge in [0.2, 0.25) is 0 Å². The second-order valence-electron chi connectivity index (χ2n) is 3.53. The number of thioether (sulfide) groups is 1. The molecule has 1 atom stereocenters. The Balaban J connectivity index is 2.81. The molecule has 1 aromatic rings. The summed E-state index contributed by atoms with van der Waals surface area (Å²) in [6.45, 7) is 2.88. The highest BCUT2D eigenvalue weighted by molar-refractivity contribution is 9.10. The van der Waals surface area contributed by atoms with Crippen LogP contribution < -0.4 is 10.1 Å². The Bertz CT molecular complexity index is 333. The Labute approximate surface area is 110 Å². The molecule has 0 spiro atoms. The van der Waals surface area contributed by atoms with Crippen LogP contribution in [0.3, 0.4) is 0 Å². The van der Waals surface area contributed by atoms with Gasteiger partial charge in [0, 0.05) is 21.8 Å². The summed E-state index contributed by atoms with van der Waals surface area (Å²) >= 11 is 5.26. The maximum Gasteiger partial charge on any atom is 0.125 e. The van der Waals surface area contributed by atoms with Gasteiger partial charge in [-0.2, -0.15) is 11.8 Å². The van der Waals surface area contributed by atoms with E-state index in [-0.39, 0.29) is 0 Å². The fourth-order valence-electron chi connectivity index (χ4n) is 1.38. The van der Waals surface area contributed by atoms with Crippen molar-refractivity contribution >= 4 is 27.7 Å². The summed E-state index contributed by atoms with van der Waals surface area (Å²) in [7, 11) is 1.96. The lowest BCUT2D eigenvalue weighted by molar-refractivity contribution is 0.336. The quantitative estimate of drug-likeness (QED) is 0.813. The van der Waals surface area contributed by atoms with Gasteiger partial charge in [-0.05, 0) is 32.4 Å². The van der Waals surface area contributed by atoms with Gasteiger partial charge in [0.1, 0.15) is 5.75 Å². The molecule has 2 nitrogen and oxygen atoms in total. The summed E-state index contributed by atoms with van der Waals surface area (Å²) in [4.78, 5) is 0. The molecule has 1 unspecified atom stereocenters. The van der Waals surface area contributed by atoms with Crippen LogP contribution in [0.4, 0.5) is 0 Å². The zero-order chi connectivity index (χ0) is 12.0. The van der Waals surface area contributed by atoms with Crippen LogP contribution in [0.1, 0.15) is 18.5 Å². The van der Waals surface area contributed by atoms with E-state index < -0.39 is 0 Å². The maximum absolute atomic E-state index is 5.79. The average molecular weight is 304 g/mol. The minimum absolute atomic E-state index is 0.303. The maximum atomic E-state index is 5.79. The molecule has 90 valence electrons. The van der Waals surface area contributed by atoms with Gasteiger partial charge in [-0.25, -0.2) is 0 Å². The van der Waals surface area contributed by atoms with Crippen LogP contribution in [0.5, 0.6) is 5.75 Å². The topological polar surface area (TPSA) is 21.3 Å². The van der Waals surface area contributed by atoms with Crippen LogP contribution in [-0.4, -0.2) is 25.7 Å². The van der Waals surface area contributed by atoms with Gasteiger partial charge in [-0.15, -0.1) is 0 Å². The lowest BCUT2D eigenvalue weighted by atomic mass is 10.1. The molecule has 0 fully saturated rings. The normalized spacial score (nSPS) is 12.5. The van der Waals surface area contributed by atoms with E-state index in [1.54, 1.807) is 11.8 Å². The highest BCUT2D eigenvalue weighted by atomic mass is 79.9. The zero-order valence-corrected chi connectivity index (χ0v) is 12.3. The van der Waals surface area contributed by atoms with E-state index in [1.807, 2.05) is 19.2 Å². The van der Waals surface area contributed by atoms with E-state index in [0.717, 1.165) is 22.6 Å². The minimum atomic E-state index is 0.303. The predicted octanol–water partition coefficient (Wildman–Crippen LogP) is 3.47. The number of nitrogens with one attached hydrogen (secondary N) is 1. The van der Waals surface area contributed by atoms with Crippen molar-refractivity contribution in [2.45, 2.75) is 13.0 Å². The summed E-state index contributed by atoms with van der Waals surface area (Å²) in [6, 6.07) is 6.48. The minimum Gasteiger partial charge on any atom is -0.492 e. The van der Waals surface area contributed by atoms with Gasteiger partial charge in [0.05, 0.1) is 6.61 Å². The molecule has 1 aromatic carbocycles. The van der Waals surface area contributed by atoms with Crippen LogP contribution in [0.15, 0.2) is 22.7 Å². The van der Waals surface area contributed by atoms with Gasteiger partial charge < -0.3 is 10.1 Å². The molecule has 16 heavy (non-hydrogen) atoms. The van der Waals surface area contributed by atoms with Crippen molar-refractivity contribution in [1.82, 2.24) is 5.32 Å². The molecular weight excluding hydrogens is 286 g/mol. The summed E-state index contributed by atoms with van der Waals surface area (Å²) < 4.78 is 6.84. The van der Waals surface area contributed by atoms with Crippen molar-refractivity contribution in [1.29, 1.82) is 0 Å². The molecule has 0 radical (unpaired) electrons. The van der Waals surface area contributed by atoms with Crippen molar-refractivity contribution in [2.24, 2.45) is 0 Å². The monoisotopic (exact) mass is 303 g/mol. The first kappa shape index (κ1) is 13.9. The number of rotatable bonds is 6. The van der Waals surface area contributed by atoms with Gasteiger partial charge in [0.25, 0.3) is 0 Å². The number of benzene rings is 1. The Kier molecular flexibility index (Phi) is 6.24. The zero-order valence-electron chi connectivity index (χ0n) is 9.92. The third-order valence-corrected chi connectivity index (χ3v) is 3.49. The van der Waals surface area contributed by atoms with E-state index in [9.17, 15) is 0 Å². The summed E-state index contributed by atoms with van der Waals surface area (Å²) in [5, 5.41) is 3.23. The highest BCUT2D eigenvalue weighted by Crippen LogP contribution is 2.28. The van der Waals surface area contributed by atoms with Crippen LogP contribution >= 0.6 is 27.7 Å². The van der Waals surface area contributed by atoms with Crippen molar-refractivity contribution in [3.8, 4) is 5.75 Å².